The number of carbonyl (C=O) groups excluding carboxylic acids is 1. The Morgan fingerprint density at radius 2 is 1.92 bits per heavy atom. The van der Waals surface area contributed by atoms with Crippen LogP contribution in [0.15, 0.2) is 53.3 Å². The molecule has 120 valence electrons. The molecule has 0 bridgehead atoms. The van der Waals surface area contributed by atoms with E-state index in [1.54, 1.807) is 42.6 Å². The van der Waals surface area contributed by atoms with Gasteiger partial charge >= 0.3 is 5.97 Å². The van der Waals surface area contributed by atoms with Gasteiger partial charge in [0.15, 0.2) is 5.56 Å². The number of carboxylic acids is 1. The Bertz CT molecular complexity index is 886. The summed E-state index contributed by atoms with van der Waals surface area (Å²) in [6.07, 6.45) is 3.03. The van der Waals surface area contributed by atoms with Gasteiger partial charge in [0.1, 0.15) is 5.69 Å². The second kappa shape index (κ2) is 6.33. The molecule has 2 aromatic heterocycles. The lowest BCUT2D eigenvalue weighted by atomic mass is 10.1. The Labute approximate surface area is 136 Å². The molecule has 0 saturated heterocycles. The summed E-state index contributed by atoms with van der Waals surface area (Å²) in [7, 11) is 0. The first-order chi connectivity index (χ1) is 11.6. The van der Waals surface area contributed by atoms with Gasteiger partial charge in [0.2, 0.25) is 5.88 Å². The van der Waals surface area contributed by atoms with E-state index in [4.69, 9.17) is 4.52 Å². The molecule has 0 unspecified atom stereocenters. The zero-order valence-corrected chi connectivity index (χ0v) is 12.7. The van der Waals surface area contributed by atoms with Gasteiger partial charge in [-0.05, 0) is 31.2 Å². The number of rotatable bonds is 4. The van der Waals surface area contributed by atoms with Crippen LogP contribution in [-0.2, 0) is 0 Å². The van der Waals surface area contributed by atoms with Crippen LogP contribution in [0.2, 0.25) is 0 Å². The average molecular weight is 323 g/mol. The van der Waals surface area contributed by atoms with E-state index < -0.39 is 11.9 Å². The summed E-state index contributed by atoms with van der Waals surface area (Å²) in [5, 5.41) is 15.7. The molecule has 0 radical (unpaired) electrons. The first-order valence-electron chi connectivity index (χ1n) is 7.07. The molecule has 2 N–H and O–H groups in total. The molecule has 0 saturated carbocycles. The zero-order valence-electron chi connectivity index (χ0n) is 12.7. The van der Waals surface area contributed by atoms with E-state index >= 15 is 0 Å². The molecule has 0 aliphatic heterocycles. The highest BCUT2D eigenvalue weighted by molar-refractivity contribution is 6.08. The number of pyridine rings is 1. The number of aryl methyl sites for hydroxylation is 1. The highest BCUT2D eigenvalue weighted by atomic mass is 16.5. The summed E-state index contributed by atoms with van der Waals surface area (Å²) in [6.45, 7) is 1.90. The van der Waals surface area contributed by atoms with Gasteiger partial charge in [-0.1, -0.05) is 22.9 Å². The minimum atomic E-state index is -1.26. The largest absolute Gasteiger partial charge is 0.477 e. The van der Waals surface area contributed by atoms with Crippen LogP contribution in [0.1, 0.15) is 26.3 Å². The average Bonchev–Trinajstić information content (AvgIpc) is 3.00. The van der Waals surface area contributed by atoms with Crippen LogP contribution in [0.5, 0.6) is 0 Å². The van der Waals surface area contributed by atoms with Crippen molar-refractivity contribution < 1.29 is 19.2 Å². The second-order valence-corrected chi connectivity index (χ2v) is 5.10. The molecule has 24 heavy (non-hydrogen) atoms. The topological polar surface area (TPSA) is 105 Å². The predicted molar refractivity (Wildman–Crippen MR) is 85.8 cm³/mol. The van der Waals surface area contributed by atoms with Gasteiger partial charge in [0.05, 0.1) is 0 Å². The molecule has 7 heteroatoms. The van der Waals surface area contributed by atoms with Crippen molar-refractivity contribution in [3.8, 4) is 11.3 Å². The number of hydrogen-bond donors (Lipinski definition) is 2. The zero-order chi connectivity index (χ0) is 17.1. The number of nitrogens with one attached hydrogen (secondary N) is 1. The van der Waals surface area contributed by atoms with E-state index in [9.17, 15) is 14.7 Å². The minimum Gasteiger partial charge on any atom is -0.477 e. The van der Waals surface area contributed by atoms with E-state index in [1.165, 1.54) is 6.20 Å². The summed E-state index contributed by atoms with van der Waals surface area (Å²) >= 11 is 0. The van der Waals surface area contributed by atoms with E-state index in [1.807, 2.05) is 6.92 Å². The fourth-order valence-electron chi connectivity index (χ4n) is 2.15. The Hall–Kier alpha value is -3.48. The van der Waals surface area contributed by atoms with Gasteiger partial charge in [-0.15, -0.1) is 0 Å². The fraction of sp³-hybridized carbons (Fsp3) is 0.0588. The van der Waals surface area contributed by atoms with Gasteiger partial charge in [-0.25, -0.2) is 4.79 Å². The van der Waals surface area contributed by atoms with Crippen LogP contribution >= 0.6 is 0 Å². The first kappa shape index (κ1) is 15.4. The van der Waals surface area contributed by atoms with Crippen LogP contribution in [0.3, 0.4) is 0 Å². The second-order valence-electron chi connectivity index (χ2n) is 5.10. The number of anilines is 1. The molecule has 0 aliphatic carbocycles. The molecule has 7 nitrogen and oxygen atoms in total. The van der Waals surface area contributed by atoms with Crippen molar-refractivity contribution in [2.24, 2.45) is 0 Å². The number of hydrogen-bond acceptors (Lipinski definition) is 5. The normalized spacial score (nSPS) is 10.4. The van der Waals surface area contributed by atoms with E-state index in [0.29, 0.717) is 11.1 Å². The van der Waals surface area contributed by atoms with Crippen molar-refractivity contribution in [3.63, 3.8) is 0 Å². The molecule has 1 aromatic carbocycles. The van der Waals surface area contributed by atoms with Gasteiger partial charge in [-0.2, -0.15) is 0 Å². The monoisotopic (exact) mass is 323 g/mol. The van der Waals surface area contributed by atoms with Crippen LogP contribution in [0.4, 0.5) is 5.88 Å². The van der Waals surface area contributed by atoms with Gasteiger partial charge in [0.25, 0.3) is 5.91 Å². The lowest BCUT2D eigenvalue weighted by Gasteiger charge is -2.03. The molecular formula is C17H13N3O4. The first-order valence-corrected chi connectivity index (χ1v) is 7.07. The maximum absolute atomic E-state index is 12.2. The standard InChI is InChI=1S/C17H13N3O4/c1-10-4-6-11(7-5-10)15(21)19-16-13(17(22)23)14(20-24-16)12-3-2-8-18-9-12/h2-9H,1H3,(H,19,21)(H,22,23). The molecule has 3 rings (SSSR count). The summed E-state index contributed by atoms with van der Waals surface area (Å²) in [4.78, 5) is 27.7. The van der Waals surface area contributed by atoms with Crippen LogP contribution in [-0.4, -0.2) is 27.1 Å². The Kier molecular flexibility index (Phi) is 4.07. The number of carbonyl (C=O) groups is 2. The maximum atomic E-state index is 12.2. The molecule has 0 atom stereocenters. The highest BCUT2D eigenvalue weighted by Crippen LogP contribution is 2.28. The minimum absolute atomic E-state index is 0.106. The van der Waals surface area contributed by atoms with E-state index in [2.05, 4.69) is 15.5 Å². The summed E-state index contributed by atoms with van der Waals surface area (Å²) in [5.74, 6) is -1.95. The molecule has 2 heterocycles. The van der Waals surface area contributed by atoms with E-state index in [0.717, 1.165) is 5.56 Å². The molecular weight excluding hydrogens is 310 g/mol. The van der Waals surface area contributed by atoms with Crippen molar-refractivity contribution in [1.82, 2.24) is 10.1 Å². The summed E-state index contributed by atoms with van der Waals surface area (Å²) < 4.78 is 5.04. The van der Waals surface area contributed by atoms with Gasteiger partial charge < -0.3 is 9.63 Å². The highest BCUT2D eigenvalue weighted by Gasteiger charge is 2.25. The predicted octanol–water partition coefficient (Wildman–Crippen LogP) is 3.00. The Morgan fingerprint density at radius 3 is 2.54 bits per heavy atom. The number of amides is 1. The van der Waals surface area contributed by atoms with Gasteiger partial charge in [-0.3, -0.25) is 15.1 Å². The van der Waals surface area contributed by atoms with Crippen LogP contribution in [0, 0.1) is 6.92 Å². The summed E-state index contributed by atoms with van der Waals surface area (Å²) in [6, 6.07) is 10.2. The van der Waals surface area contributed by atoms with E-state index in [-0.39, 0.29) is 17.1 Å². The van der Waals surface area contributed by atoms with Crippen molar-refractivity contribution in [2.75, 3.05) is 5.32 Å². The number of aromatic nitrogens is 2. The molecule has 3 aromatic rings. The molecule has 0 fully saturated rings. The third kappa shape index (κ3) is 3.00. The van der Waals surface area contributed by atoms with Crippen molar-refractivity contribution in [1.29, 1.82) is 0 Å². The Balaban J connectivity index is 1.94. The SMILES string of the molecule is Cc1ccc(C(=O)Nc2onc(-c3cccnc3)c2C(=O)O)cc1. The number of nitrogens with zero attached hydrogens (tertiary/aromatic N) is 2. The van der Waals surface area contributed by atoms with Gasteiger partial charge in [0, 0.05) is 23.5 Å². The third-order valence-electron chi connectivity index (χ3n) is 3.38. The quantitative estimate of drug-likeness (QED) is 0.764. The number of carboxylic acid groups (broad SMARTS) is 1. The Morgan fingerprint density at radius 1 is 1.17 bits per heavy atom. The number of aromatic carboxylic acids is 1. The van der Waals surface area contributed by atoms with Crippen molar-refractivity contribution >= 4 is 17.8 Å². The summed E-state index contributed by atoms with van der Waals surface area (Å²) in [5.41, 5.74) is 1.76. The van der Waals surface area contributed by atoms with Crippen LogP contribution < -0.4 is 5.32 Å². The van der Waals surface area contributed by atoms with Crippen molar-refractivity contribution in [2.45, 2.75) is 6.92 Å². The fourth-order valence-corrected chi connectivity index (χ4v) is 2.15. The molecule has 0 aliphatic rings. The smallest absolute Gasteiger partial charge is 0.343 e. The number of benzene rings is 1. The van der Waals surface area contributed by atoms with Crippen LogP contribution in [0.25, 0.3) is 11.3 Å². The lowest BCUT2D eigenvalue weighted by molar-refractivity contribution is 0.0698. The third-order valence-corrected chi connectivity index (χ3v) is 3.38. The molecule has 0 spiro atoms. The van der Waals surface area contributed by atoms with Crippen molar-refractivity contribution in [3.05, 3.63) is 65.5 Å². The maximum Gasteiger partial charge on any atom is 0.343 e. The lowest BCUT2D eigenvalue weighted by Crippen LogP contribution is -2.14. The molecule has 1 amide bonds.